The Hall–Kier alpha value is -2.42. The number of nitrogens with zero attached hydrogens (tertiary/aromatic N) is 5. The van der Waals surface area contributed by atoms with Crippen LogP contribution in [0.3, 0.4) is 0 Å². The zero-order chi connectivity index (χ0) is 21.6. The largest absolute Gasteiger partial charge is 0.378 e. The first-order chi connectivity index (χ1) is 15.1. The molecule has 1 N–H and O–H groups in total. The summed E-state index contributed by atoms with van der Waals surface area (Å²) in [7, 11) is 0. The van der Waals surface area contributed by atoms with Crippen LogP contribution in [0.5, 0.6) is 0 Å². The van der Waals surface area contributed by atoms with Gasteiger partial charge in [0, 0.05) is 64.2 Å². The zero-order valence-corrected chi connectivity index (χ0v) is 18.6. The molecule has 0 radical (unpaired) electrons. The molecule has 1 unspecified atom stereocenters. The van der Waals surface area contributed by atoms with Crippen molar-refractivity contribution in [3.63, 3.8) is 0 Å². The number of rotatable bonds is 6. The molecule has 2 aromatic heterocycles. The minimum absolute atomic E-state index is 0.0527. The van der Waals surface area contributed by atoms with Crippen LogP contribution < -0.4 is 10.2 Å². The van der Waals surface area contributed by atoms with Crippen molar-refractivity contribution in [1.82, 2.24) is 19.8 Å². The maximum Gasteiger partial charge on any atom is 0.255 e. The summed E-state index contributed by atoms with van der Waals surface area (Å²) in [4.78, 5) is 28.0. The van der Waals surface area contributed by atoms with Gasteiger partial charge in [0.25, 0.3) is 5.91 Å². The van der Waals surface area contributed by atoms with Crippen molar-refractivity contribution in [2.24, 2.45) is 0 Å². The molecular formula is C22H29ClN6O2. The van der Waals surface area contributed by atoms with Crippen LogP contribution in [0.15, 0.2) is 36.7 Å². The first-order valence-corrected chi connectivity index (χ1v) is 11.2. The topological polar surface area (TPSA) is 73.8 Å². The average molecular weight is 445 g/mol. The molecule has 2 fully saturated rings. The molecule has 4 heterocycles. The molecule has 1 amide bonds. The average Bonchev–Trinajstić information content (AvgIpc) is 2.81. The Bertz CT molecular complexity index is 870. The molecule has 9 heteroatoms. The molecule has 2 aliphatic rings. The number of halogens is 1. The van der Waals surface area contributed by atoms with Crippen molar-refractivity contribution < 1.29 is 9.53 Å². The van der Waals surface area contributed by atoms with E-state index in [1.165, 1.54) is 0 Å². The number of hydrogen-bond donors (Lipinski definition) is 1. The maximum atomic E-state index is 12.6. The highest BCUT2D eigenvalue weighted by molar-refractivity contribution is 6.33. The van der Waals surface area contributed by atoms with Gasteiger partial charge in [0.15, 0.2) is 0 Å². The number of morpholine rings is 1. The van der Waals surface area contributed by atoms with Crippen molar-refractivity contribution in [1.29, 1.82) is 0 Å². The summed E-state index contributed by atoms with van der Waals surface area (Å²) < 4.78 is 5.31. The lowest BCUT2D eigenvalue weighted by Gasteiger charge is -2.36. The van der Waals surface area contributed by atoms with E-state index >= 15 is 0 Å². The molecular weight excluding hydrogens is 416 g/mol. The summed E-state index contributed by atoms with van der Waals surface area (Å²) >= 11 is 6.44. The monoisotopic (exact) mass is 444 g/mol. The van der Waals surface area contributed by atoms with Gasteiger partial charge in [-0.25, -0.2) is 9.97 Å². The predicted octanol–water partition coefficient (Wildman–Crippen LogP) is 2.22. The number of pyridine rings is 2. The summed E-state index contributed by atoms with van der Waals surface area (Å²) in [6.07, 6.45) is 3.44. The molecule has 2 aromatic rings. The number of piperazine rings is 1. The van der Waals surface area contributed by atoms with Gasteiger partial charge in [-0.1, -0.05) is 17.7 Å². The second-order valence-corrected chi connectivity index (χ2v) is 8.39. The van der Waals surface area contributed by atoms with Gasteiger partial charge in [-0.05, 0) is 25.1 Å². The fraction of sp³-hybridized carbons (Fsp3) is 0.500. The molecule has 0 aliphatic carbocycles. The Labute approximate surface area is 188 Å². The van der Waals surface area contributed by atoms with Gasteiger partial charge in [-0.2, -0.15) is 0 Å². The molecule has 0 saturated carbocycles. The number of nitrogens with one attached hydrogen (secondary N) is 1. The number of carbonyl (C=O) groups is 1. The van der Waals surface area contributed by atoms with Crippen LogP contribution >= 0.6 is 11.6 Å². The predicted molar refractivity (Wildman–Crippen MR) is 122 cm³/mol. The van der Waals surface area contributed by atoms with Gasteiger partial charge in [0.05, 0.1) is 23.8 Å². The van der Waals surface area contributed by atoms with E-state index in [9.17, 15) is 4.79 Å². The molecule has 1 atom stereocenters. The Morgan fingerprint density at radius 3 is 2.61 bits per heavy atom. The first-order valence-electron chi connectivity index (χ1n) is 10.8. The summed E-state index contributed by atoms with van der Waals surface area (Å²) in [6, 6.07) is 7.90. The van der Waals surface area contributed by atoms with Crippen LogP contribution in [-0.2, 0) is 4.74 Å². The van der Waals surface area contributed by atoms with Crippen molar-refractivity contribution in [2.75, 3.05) is 69.2 Å². The lowest BCUT2D eigenvalue weighted by atomic mass is 10.2. The second-order valence-electron chi connectivity index (χ2n) is 7.98. The number of ether oxygens (including phenoxy) is 1. The van der Waals surface area contributed by atoms with Crippen LogP contribution in [0.4, 0.5) is 11.6 Å². The minimum atomic E-state index is -0.0527. The number of anilines is 2. The molecule has 2 aliphatic heterocycles. The summed E-state index contributed by atoms with van der Waals surface area (Å²) in [5, 5.41) is 3.85. The van der Waals surface area contributed by atoms with Gasteiger partial charge in [0.2, 0.25) is 0 Å². The third-order valence-corrected chi connectivity index (χ3v) is 5.94. The highest BCUT2D eigenvalue weighted by atomic mass is 35.5. The Kier molecular flexibility index (Phi) is 7.21. The van der Waals surface area contributed by atoms with Gasteiger partial charge in [-0.15, -0.1) is 0 Å². The highest BCUT2D eigenvalue weighted by Crippen LogP contribution is 2.22. The molecule has 4 rings (SSSR count). The number of carbonyl (C=O) groups excluding carboxylic acids is 1. The molecule has 8 nitrogen and oxygen atoms in total. The summed E-state index contributed by atoms with van der Waals surface area (Å²) in [5.74, 6) is 1.60. The zero-order valence-electron chi connectivity index (χ0n) is 17.8. The SMILES string of the molecule is CC(CN1CCN(c2ccccn2)CC1)Nc1ncc(C(=O)N2CCOCC2)cc1Cl. The maximum absolute atomic E-state index is 12.6. The van der Waals surface area contributed by atoms with Crippen LogP contribution in [0.2, 0.25) is 5.02 Å². The molecule has 2 saturated heterocycles. The van der Waals surface area contributed by atoms with E-state index < -0.39 is 0 Å². The fourth-order valence-electron chi connectivity index (χ4n) is 3.98. The van der Waals surface area contributed by atoms with Crippen LogP contribution in [0, 0.1) is 0 Å². The van der Waals surface area contributed by atoms with E-state index in [0.29, 0.717) is 42.7 Å². The summed E-state index contributed by atoms with van der Waals surface area (Å²) in [6.45, 7) is 9.23. The third-order valence-electron chi connectivity index (χ3n) is 5.65. The van der Waals surface area contributed by atoms with Gasteiger partial charge in [-0.3, -0.25) is 9.69 Å². The standard InChI is InChI=1S/C22H29ClN6O2/c1-17(16-27-6-8-28(9-7-27)20-4-2-3-5-24-20)26-21-19(23)14-18(15-25-21)22(30)29-10-12-31-13-11-29/h2-5,14-15,17H,6-13,16H2,1H3,(H,25,26). The Balaban J connectivity index is 1.27. The van der Waals surface area contributed by atoms with Crippen LogP contribution in [0.1, 0.15) is 17.3 Å². The van der Waals surface area contributed by atoms with Gasteiger partial charge in [0.1, 0.15) is 11.6 Å². The van der Waals surface area contributed by atoms with E-state index in [-0.39, 0.29) is 11.9 Å². The molecule has 0 aromatic carbocycles. The van der Waals surface area contributed by atoms with Crippen molar-refractivity contribution in [3.05, 3.63) is 47.2 Å². The Morgan fingerprint density at radius 1 is 1.16 bits per heavy atom. The summed E-state index contributed by atoms with van der Waals surface area (Å²) in [5.41, 5.74) is 0.510. The lowest BCUT2D eigenvalue weighted by molar-refractivity contribution is 0.0302. The van der Waals surface area contributed by atoms with E-state index in [1.807, 2.05) is 18.3 Å². The van der Waals surface area contributed by atoms with E-state index in [1.54, 1.807) is 17.2 Å². The minimum Gasteiger partial charge on any atom is -0.378 e. The van der Waals surface area contributed by atoms with Crippen LogP contribution in [0.25, 0.3) is 0 Å². The molecule has 0 bridgehead atoms. The second kappa shape index (κ2) is 10.3. The quantitative estimate of drug-likeness (QED) is 0.732. The van der Waals surface area contributed by atoms with Crippen molar-refractivity contribution in [3.8, 4) is 0 Å². The van der Waals surface area contributed by atoms with Crippen LogP contribution in [-0.4, -0.2) is 90.7 Å². The molecule has 31 heavy (non-hydrogen) atoms. The van der Waals surface area contributed by atoms with E-state index in [0.717, 1.165) is 38.5 Å². The number of amides is 1. The van der Waals surface area contributed by atoms with Gasteiger partial charge < -0.3 is 19.9 Å². The molecule has 166 valence electrons. The highest BCUT2D eigenvalue weighted by Gasteiger charge is 2.22. The van der Waals surface area contributed by atoms with E-state index in [4.69, 9.17) is 16.3 Å². The van der Waals surface area contributed by atoms with Crippen molar-refractivity contribution in [2.45, 2.75) is 13.0 Å². The smallest absolute Gasteiger partial charge is 0.255 e. The first kappa shape index (κ1) is 21.8. The third kappa shape index (κ3) is 5.64. The number of hydrogen-bond acceptors (Lipinski definition) is 7. The molecule has 0 spiro atoms. The van der Waals surface area contributed by atoms with E-state index in [2.05, 4.69) is 38.1 Å². The van der Waals surface area contributed by atoms with Crippen molar-refractivity contribution >= 4 is 29.1 Å². The Morgan fingerprint density at radius 2 is 1.94 bits per heavy atom. The number of aromatic nitrogens is 2. The van der Waals surface area contributed by atoms with Gasteiger partial charge >= 0.3 is 0 Å². The fourth-order valence-corrected chi connectivity index (χ4v) is 4.20. The lowest BCUT2D eigenvalue weighted by Crippen LogP contribution is -2.49. The normalized spacial score (nSPS) is 18.6.